The van der Waals surface area contributed by atoms with Crippen LogP contribution < -0.4 is 0 Å². The minimum Gasteiger partial charge on any atom is -0.310 e. The number of allylic oxidation sites excluding steroid dienone is 4. The lowest BCUT2D eigenvalue weighted by Crippen LogP contribution is -2.33. The second-order valence-electron chi connectivity index (χ2n) is 15.2. The van der Waals surface area contributed by atoms with Gasteiger partial charge < -0.3 is 4.57 Å². The van der Waals surface area contributed by atoms with E-state index in [-0.39, 0.29) is 11.3 Å². The standard InChI is InChI=1S/C51H34N4/c1-51-27-26-34(30-43(51)37-14-3-2-12-35(37)36-13-4-7-17-42(36)51)54-46-20-10-5-15-38(46)40-28-32(22-24-48(40)54)33-23-25-49-41(29-33)39-16-6-11-21-47(39)55(49)50-31-52-44-18-8-9-19-45(44)53-50/h2-31,43H,1H3. The highest BCUT2D eigenvalue weighted by Gasteiger charge is 2.42. The molecule has 0 bridgehead atoms. The predicted molar refractivity (Wildman–Crippen MR) is 228 cm³/mol. The minimum atomic E-state index is -0.136. The summed E-state index contributed by atoms with van der Waals surface area (Å²) in [5.74, 6) is 1.03. The molecule has 4 nitrogen and oxygen atoms in total. The smallest absolute Gasteiger partial charge is 0.156 e. The van der Waals surface area contributed by atoms with Gasteiger partial charge in [0, 0.05) is 38.6 Å². The van der Waals surface area contributed by atoms with Crippen LogP contribution in [0.4, 0.5) is 0 Å². The van der Waals surface area contributed by atoms with Gasteiger partial charge in [0.15, 0.2) is 5.82 Å². The van der Waals surface area contributed by atoms with Gasteiger partial charge in [-0.05, 0) is 88.0 Å². The maximum atomic E-state index is 5.04. The summed E-state index contributed by atoms with van der Waals surface area (Å²) in [6.07, 6.45) is 9.20. The molecule has 0 spiro atoms. The molecule has 0 aliphatic heterocycles. The molecule has 7 aromatic carbocycles. The molecule has 4 heteroatoms. The average molecular weight is 703 g/mol. The minimum absolute atomic E-state index is 0.136. The fraction of sp³-hybridized carbons (Fsp3) is 0.0588. The molecule has 0 saturated carbocycles. The third kappa shape index (κ3) is 4.28. The van der Waals surface area contributed by atoms with Crippen molar-refractivity contribution < 1.29 is 0 Å². The Balaban J connectivity index is 1.01. The largest absolute Gasteiger partial charge is 0.310 e. The molecular weight excluding hydrogens is 669 g/mol. The Bertz CT molecular complexity index is 3300. The molecular formula is C51H34N4. The van der Waals surface area contributed by atoms with Crippen LogP contribution in [0.3, 0.4) is 0 Å². The van der Waals surface area contributed by atoms with Gasteiger partial charge in [-0.3, -0.25) is 9.55 Å². The molecule has 2 unspecified atom stereocenters. The Kier molecular flexibility index (Phi) is 6.22. The molecule has 0 radical (unpaired) electrons. The molecule has 2 aliphatic rings. The van der Waals surface area contributed by atoms with Gasteiger partial charge in [-0.15, -0.1) is 0 Å². The first-order chi connectivity index (χ1) is 27.1. The summed E-state index contributed by atoms with van der Waals surface area (Å²) in [6.45, 7) is 2.40. The van der Waals surface area contributed by atoms with E-state index in [1.165, 1.54) is 71.7 Å². The van der Waals surface area contributed by atoms with Crippen LogP contribution in [0, 0.1) is 0 Å². The topological polar surface area (TPSA) is 35.6 Å². The van der Waals surface area contributed by atoms with E-state index in [2.05, 4.69) is 168 Å². The number of benzene rings is 7. The fourth-order valence-corrected chi connectivity index (χ4v) is 9.67. The molecule has 10 aromatic rings. The quantitative estimate of drug-likeness (QED) is 0.184. The molecule has 0 amide bonds. The number of para-hydroxylation sites is 4. The molecule has 2 atom stereocenters. The lowest BCUT2D eigenvalue weighted by atomic mass is 9.60. The Labute approximate surface area is 318 Å². The summed E-state index contributed by atoms with van der Waals surface area (Å²) in [5, 5.41) is 4.89. The van der Waals surface area contributed by atoms with E-state index in [0.29, 0.717) is 0 Å². The van der Waals surface area contributed by atoms with Crippen molar-refractivity contribution in [2.45, 2.75) is 18.3 Å². The number of nitrogens with zero attached hydrogens (tertiary/aromatic N) is 4. The van der Waals surface area contributed by atoms with E-state index in [4.69, 9.17) is 9.97 Å². The maximum absolute atomic E-state index is 5.04. The van der Waals surface area contributed by atoms with E-state index in [9.17, 15) is 0 Å². The summed E-state index contributed by atoms with van der Waals surface area (Å²) >= 11 is 0. The van der Waals surface area contributed by atoms with E-state index < -0.39 is 0 Å². The van der Waals surface area contributed by atoms with Gasteiger partial charge in [0.25, 0.3) is 0 Å². The number of fused-ring (bicyclic) bond motifs is 13. The second-order valence-corrected chi connectivity index (χ2v) is 15.2. The van der Waals surface area contributed by atoms with Gasteiger partial charge in [0.05, 0.1) is 39.3 Å². The number of rotatable bonds is 3. The Morgan fingerprint density at radius 1 is 0.527 bits per heavy atom. The summed E-state index contributed by atoms with van der Waals surface area (Å²) in [7, 11) is 0. The zero-order valence-electron chi connectivity index (χ0n) is 30.2. The molecule has 0 N–H and O–H groups in total. The first-order valence-electron chi connectivity index (χ1n) is 19.0. The molecule has 0 saturated heterocycles. The van der Waals surface area contributed by atoms with Crippen molar-refractivity contribution in [3.8, 4) is 28.1 Å². The van der Waals surface area contributed by atoms with Crippen molar-refractivity contribution in [3.63, 3.8) is 0 Å². The van der Waals surface area contributed by atoms with Crippen LogP contribution in [0.2, 0.25) is 0 Å². The second kappa shape index (κ2) is 11.2. The third-order valence-corrected chi connectivity index (χ3v) is 12.3. The van der Waals surface area contributed by atoms with Gasteiger partial charge in [-0.1, -0.05) is 128 Å². The average Bonchev–Trinajstić information content (AvgIpc) is 3.76. The molecule has 258 valence electrons. The van der Waals surface area contributed by atoms with E-state index in [1.54, 1.807) is 0 Å². The van der Waals surface area contributed by atoms with Crippen molar-refractivity contribution in [1.29, 1.82) is 0 Å². The zero-order chi connectivity index (χ0) is 36.3. The molecule has 3 heterocycles. The summed E-state index contributed by atoms with van der Waals surface area (Å²) < 4.78 is 4.71. The van der Waals surface area contributed by atoms with E-state index in [0.717, 1.165) is 27.9 Å². The van der Waals surface area contributed by atoms with Crippen LogP contribution in [0.1, 0.15) is 24.0 Å². The normalized spacial score (nSPS) is 17.5. The maximum Gasteiger partial charge on any atom is 0.156 e. The van der Waals surface area contributed by atoms with Crippen molar-refractivity contribution >= 4 is 60.3 Å². The highest BCUT2D eigenvalue weighted by molar-refractivity contribution is 6.13. The fourth-order valence-electron chi connectivity index (χ4n) is 9.67. The van der Waals surface area contributed by atoms with Crippen LogP contribution in [0.25, 0.3) is 88.4 Å². The van der Waals surface area contributed by atoms with Gasteiger partial charge in [0.1, 0.15) is 0 Å². The van der Waals surface area contributed by atoms with Gasteiger partial charge in [-0.2, -0.15) is 0 Å². The highest BCUT2D eigenvalue weighted by atomic mass is 15.1. The summed E-state index contributed by atoms with van der Waals surface area (Å²) in [4.78, 5) is 9.79. The third-order valence-electron chi connectivity index (χ3n) is 12.3. The van der Waals surface area contributed by atoms with E-state index >= 15 is 0 Å². The number of hydrogen-bond acceptors (Lipinski definition) is 2. The lowest BCUT2D eigenvalue weighted by molar-refractivity contribution is 0.519. The monoisotopic (exact) mass is 702 g/mol. The van der Waals surface area contributed by atoms with Crippen molar-refractivity contribution in [3.05, 3.63) is 193 Å². The van der Waals surface area contributed by atoms with Gasteiger partial charge in [0.2, 0.25) is 0 Å². The molecule has 55 heavy (non-hydrogen) atoms. The first kappa shape index (κ1) is 30.4. The van der Waals surface area contributed by atoms with E-state index in [1.807, 2.05) is 30.5 Å². The van der Waals surface area contributed by atoms with Crippen LogP contribution in [-0.4, -0.2) is 19.1 Å². The Hall–Kier alpha value is -7.04. The lowest BCUT2D eigenvalue weighted by Gasteiger charge is -2.43. The number of aromatic nitrogens is 4. The van der Waals surface area contributed by atoms with Crippen LogP contribution >= 0.6 is 0 Å². The summed E-state index contributed by atoms with van der Waals surface area (Å²) in [6, 6.07) is 57.2. The SMILES string of the molecule is CC12C=CC(n3c4ccccc4c4cc(-c5ccc6c(c5)c5ccccc5n6-c5cnc6ccccc6n5)ccc43)=CC1c1ccccc1-c1ccccc12. The molecule has 12 rings (SSSR count). The van der Waals surface area contributed by atoms with Crippen molar-refractivity contribution in [2.75, 3.05) is 0 Å². The summed E-state index contributed by atoms with van der Waals surface area (Å²) in [5.41, 5.74) is 15.3. The predicted octanol–water partition coefficient (Wildman–Crippen LogP) is 12.6. The molecule has 2 aliphatic carbocycles. The van der Waals surface area contributed by atoms with Crippen LogP contribution in [0.15, 0.2) is 182 Å². The Morgan fingerprint density at radius 2 is 1.11 bits per heavy atom. The van der Waals surface area contributed by atoms with Crippen molar-refractivity contribution in [2.24, 2.45) is 0 Å². The Morgan fingerprint density at radius 3 is 1.87 bits per heavy atom. The van der Waals surface area contributed by atoms with Crippen LogP contribution in [0.5, 0.6) is 0 Å². The van der Waals surface area contributed by atoms with Crippen LogP contribution in [-0.2, 0) is 5.41 Å². The molecule has 0 fully saturated rings. The first-order valence-corrected chi connectivity index (χ1v) is 19.0. The highest BCUT2D eigenvalue weighted by Crippen LogP contribution is 2.54. The van der Waals surface area contributed by atoms with Gasteiger partial charge >= 0.3 is 0 Å². The zero-order valence-corrected chi connectivity index (χ0v) is 30.2. The molecule has 3 aromatic heterocycles. The van der Waals surface area contributed by atoms with Crippen molar-refractivity contribution in [1.82, 2.24) is 19.1 Å². The van der Waals surface area contributed by atoms with Gasteiger partial charge in [-0.25, -0.2) is 4.98 Å². The number of hydrogen-bond donors (Lipinski definition) is 0.